The van der Waals surface area contributed by atoms with Gasteiger partial charge in [0.2, 0.25) is 0 Å². The van der Waals surface area contributed by atoms with Gasteiger partial charge in [0.1, 0.15) is 10.7 Å². The highest BCUT2D eigenvalue weighted by atomic mass is 32.1. The zero-order chi connectivity index (χ0) is 25.7. The van der Waals surface area contributed by atoms with Crippen LogP contribution in [0.2, 0.25) is 0 Å². The Bertz CT molecular complexity index is 1170. The standard InChI is InChI=1S/C23H24FN3O7S/c24-15-8-12(21(25)26)3-5-18(15)34-23(33)19-6-4-14(35-19)11-27-7-1-2-16(27)17(28)9-13(22(31)32)10-20(29)30/h3-6,8,13,16H,1-2,7,9-11H2,(H3,25,26)(H,29,30)(H,31,32)/t13-,16+/m0/s1. The van der Waals surface area contributed by atoms with Gasteiger partial charge in [-0.2, -0.15) is 0 Å². The number of likely N-dealkylation sites (tertiary alicyclic amines) is 1. The molecule has 2 aromatic rings. The quantitative estimate of drug-likeness (QED) is 0.155. The Morgan fingerprint density at radius 3 is 2.57 bits per heavy atom. The number of amidine groups is 1. The molecular weight excluding hydrogens is 481 g/mol. The third-order valence-corrected chi connectivity index (χ3v) is 6.67. The molecule has 3 rings (SSSR count). The van der Waals surface area contributed by atoms with Gasteiger partial charge < -0.3 is 20.7 Å². The monoisotopic (exact) mass is 505 g/mol. The van der Waals surface area contributed by atoms with Crippen LogP contribution < -0.4 is 10.5 Å². The van der Waals surface area contributed by atoms with E-state index in [0.29, 0.717) is 19.5 Å². The Kier molecular flexibility index (Phi) is 8.30. The van der Waals surface area contributed by atoms with Crippen molar-refractivity contribution in [3.63, 3.8) is 0 Å². The molecule has 12 heteroatoms. The Balaban J connectivity index is 1.63. The van der Waals surface area contributed by atoms with E-state index in [2.05, 4.69) is 0 Å². The molecule has 0 bridgehead atoms. The number of nitrogens with zero attached hydrogens (tertiary/aromatic N) is 1. The molecule has 1 saturated heterocycles. The molecule has 1 aromatic heterocycles. The minimum atomic E-state index is -1.32. The van der Waals surface area contributed by atoms with Crippen LogP contribution in [0.15, 0.2) is 30.3 Å². The Morgan fingerprint density at radius 1 is 1.20 bits per heavy atom. The lowest BCUT2D eigenvalue weighted by Gasteiger charge is -2.23. The number of nitrogen functional groups attached to an aromatic ring is 1. The number of rotatable bonds is 11. The summed E-state index contributed by atoms with van der Waals surface area (Å²) in [6.45, 7) is 0.936. The normalized spacial score (nSPS) is 16.5. The minimum Gasteiger partial charge on any atom is -0.481 e. The summed E-state index contributed by atoms with van der Waals surface area (Å²) in [6, 6.07) is 6.28. The Labute approximate surface area is 203 Å². The molecule has 0 unspecified atom stereocenters. The van der Waals surface area contributed by atoms with Crippen LogP contribution in [0.1, 0.15) is 45.8 Å². The minimum absolute atomic E-state index is 0.160. The van der Waals surface area contributed by atoms with Crippen molar-refractivity contribution in [3.05, 3.63) is 51.5 Å². The average molecular weight is 506 g/mol. The summed E-state index contributed by atoms with van der Waals surface area (Å²) in [4.78, 5) is 50.3. The molecule has 2 heterocycles. The molecule has 0 saturated carbocycles. The van der Waals surface area contributed by atoms with Crippen LogP contribution >= 0.6 is 11.3 Å². The summed E-state index contributed by atoms with van der Waals surface area (Å²) in [6.07, 6.45) is 0.276. The number of carbonyl (C=O) groups is 4. The molecule has 0 aliphatic carbocycles. The molecule has 10 nitrogen and oxygen atoms in total. The summed E-state index contributed by atoms with van der Waals surface area (Å²) in [5.41, 5.74) is 5.48. The van der Waals surface area contributed by atoms with Crippen LogP contribution in [-0.4, -0.2) is 57.2 Å². The summed E-state index contributed by atoms with van der Waals surface area (Å²) >= 11 is 1.13. The molecule has 0 spiro atoms. The van der Waals surface area contributed by atoms with E-state index in [1.54, 1.807) is 6.07 Å². The number of aliphatic carboxylic acids is 2. The van der Waals surface area contributed by atoms with Gasteiger partial charge in [0.25, 0.3) is 0 Å². The number of carboxylic acids is 2. The lowest BCUT2D eigenvalue weighted by molar-refractivity contribution is -0.149. The zero-order valence-electron chi connectivity index (χ0n) is 18.5. The number of hydrogen-bond donors (Lipinski definition) is 4. The molecule has 2 atom stereocenters. The molecule has 1 aromatic carbocycles. The second-order valence-electron chi connectivity index (χ2n) is 8.15. The second-order valence-corrected chi connectivity index (χ2v) is 9.31. The van der Waals surface area contributed by atoms with E-state index in [1.807, 2.05) is 4.90 Å². The van der Waals surface area contributed by atoms with E-state index >= 15 is 0 Å². The average Bonchev–Trinajstić information content (AvgIpc) is 3.44. The summed E-state index contributed by atoms with van der Waals surface area (Å²) in [5.74, 6) is -6.41. The van der Waals surface area contributed by atoms with Crippen molar-refractivity contribution >= 4 is 40.9 Å². The number of ether oxygens (including phenoxy) is 1. The fourth-order valence-corrected chi connectivity index (χ4v) is 4.80. The lowest BCUT2D eigenvalue weighted by atomic mass is 9.94. The Morgan fingerprint density at radius 2 is 1.94 bits per heavy atom. The number of esters is 1. The molecule has 0 amide bonds. The first-order valence-corrected chi connectivity index (χ1v) is 11.5. The maximum Gasteiger partial charge on any atom is 0.353 e. The van der Waals surface area contributed by atoms with E-state index in [0.717, 1.165) is 28.7 Å². The van der Waals surface area contributed by atoms with Gasteiger partial charge in [-0.25, -0.2) is 9.18 Å². The predicted molar refractivity (Wildman–Crippen MR) is 123 cm³/mol. The van der Waals surface area contributed by atoms with Crippen molar-refractivity contribution in [1.29, 1.82) is 5.41 Å². The smallest absolute Gasteiger partial charge is 0.353 e. The fourth-order valence-electron chi connectivity index (χ4n) is 3.89. The highest BCUT2D eigenvalue weighted by molar-refractivity contribution is 7.13. The van der Waals surface area contributed by atoms with E-state index in [4.69, 9.17) is 21.0 Å². The van der Waals surface area contributed by atoms with Gasteiger partial charge in [-0.3, -0.25) is 24.7 Å². The lowest BCUT2D eigenvalue weighted by Crippen LogP contribution is -2.37. The number of benzene rings is 1. The summed E-state index contributed by atoms with van der Waals surface area (Å²) in [5, 5.41) is 25.4. The van der Waals surface area contributed by atoms with E-state index in [1.165, 1.54) is 18.2 Å². The van der Waals surface area contributed by atoms with Crippen LogP contribution in [0.3, 0.4) is 0 Å². The van der Waals surface area contributed by atoms with Gasteiger partial charge >= 0.3 is 17.9 Å². The van der Waals surface area contributed by atoms with Crippen LogP contribution in [0.4, 0.5) is 4.39 Å². The predicted octanol–water partition coefficient (Wildman–Crippen LogP) is 2.49. The van der Waals surface area contributed by atoms with Gasteiger partial charge in [-0.05, 0) is 49.7 Å². The van der Waals surface area contributed by atoms with E-state index in [9.17, 15) is 28.7 Å². The van der Waals surface area contributed by atoms with Gasteiger partial charge in [0, 0.05) is 23.4 Å². The van der Waals surface area contributed by atoms with Gasteiger partial charge in [-0.1, -0.05) is 0 Å². The first-order chi connectivity index (χ1) is 16.5. The number of hydrogen-bond acceptors (Lipinski definition) is 8. The number of carboxylic acid groups (broad SMARTS) is 2. The van der Waals surface area contributed by atoms with E-state index < -0.39 is 42.1 Å². The molecule has 0 radical (unpaired) electrons. The summed E-state index contributed by atoms with van der Waals surface area (Å²) in [7, 11) is 0. The largest absolute Gasteiger partial charge is 0.481 e. The van der Waals surface area contributed by atoms with Crippen LogP contribution in [0, 0.1) is 17.1 Å². The number of nitrogens with two attached hydrogens (primary N) is 1. The number of halogens is 1. The summed E-state index contributed by atoms with van der Waals surface area (Å²) < 4.78 is 19.3. The molecule has 1 aliphatic rings. The van der Waals surface area contributed by atoms with Gasteiger partial charge in [-0.15, -0.1) is 11.3 Å². The van der Waals surface area contributed by atoms with Crippen molar-refractivity contribution in [2.24, 2.45) is 11.7 Å². The SMILES string of the molecule is N=C(N)c1ccc(OC(=O)c2ccc(CN3CCC[C@@H]3C(=O)C[C@@H](CC(=O)O)C(=O)O)s2)c(F)c1. The van der Waals surface area contributed by atoms with Crippen LogP contribution in [0.5, 0.6) is 5.75 Å². The van der Waals surface area contributed by atoms with Crippen molar-refractivity contribution in [2.75, 3.05) is 6.54 Å². The number of carbonyl (C=O) groups excluding carboxylic acids is 2. The second kappa shape index (κ2) is 11.2. The molecule has 5 N–H and O–H groups in total. The number of thiophene rings is 1. The number of nitrogens with one attached hydrogen (secondary N) is 1. The van der Waals surface area contributed by atoms with Crippen molar-refractivity contribution < 1.29 is 38.5 Å². The maximum absolute atomic E-state index is 14.2. The number of ketones is 1. The van der Waals surface area contributed by atoms with Crippen LogP contribution in [-0.2, 0) is 20.9 Å². The highest BCUT2D eigenvalue weighted by Crippen LogP contribution is 2.28. The molecule has 186 valence electrons. The zero-order valence-corrected chi connectivity index (χ0v) is 19.3. The van der Waals surface area contributed by atoms with Gasteiger partial charge in [0.05, 0.1) is 18.4 Å². The van der Waals surface area contributed by atoms with Crippen molar-refractivity contribution in [3.8, 4) is 5.75 Å². The van der Waals surface area contributed by atoms with E-state index in [-0.39, 0.29) is 34.2 Å². The van der Waals surface area contributed by atoms with Crippen molar-refractivity contribution in [2.45, 2.75) is 38.3 Å². The number of Topliss-reactive ketones (excluding diaryl/α,β-unsaturated/α-hetero) is 1. The molecular formula is C23H24FN3O7S. The first kappa shape index (κ1) is 26.0. The fraction of sp³-hybridized carbons (Fsp3) is 0.348. The van der Waals surface area contributed by atoms with Gasteiger partial charge in [0.15, 0.2) is 17.3 Å². The highest BCUT2D eigenvalue weighted by Gasteiger charge is 2.34. The first-order valence-electron chi connectivity index (χ1n) is 10.7. The third-order valence-electron chi connectivity index (χ3n) is 5.62. The maximum atomic E-state index is 14.2. The molecule has 1 fully saturated rings. The molecule has 1 aliphatic heterocycles. The van der Waals surface area contributed by atoms with Crippen molar-refractivity contribution in [1.82, 2.24) is 4.90 Å². The Hall–Kier alpha value is -3.64. The molecule has 35 heavy (non-hydrogen) atoms. The third kappa shape index (κ3) is 6.70. The van der Waals surface area contributed by atoms with Crippen LogP contribution in [0.25, 0.3) is 0 Å². The topological polar surface area (TPSA) is 171 Å².